The summed E-state index contributed by atoms with van der Waals surface area (Å²) in [5.74, 6) is -2.21. The number of hydrazine groups is 1. The van der Waals surface area contributed by atoms with Crippen molar-refractivity contribution in [2.45, 2.75) is 25.3 Å². The quantitative estimate of drug-likeness (QED) is 0.389. The Hall–Kier alpha value is -1.73. The molecule has 94 valence electrons. The fraction of sp³-hybridized carbons (Fsp3) is 0.500. The van der Waals surface area contributed by atoms with Crippen LogP contribution in [0, 0.1) is 0 Å². The van der Waals surface area contributed by atoms with Gasteiger partial charge in [0, 0.05) is 12.2 Å². The number of carboxylic acid groups (broad SMARTS) is 1. The molecule has 0 aromatic carbocycles. The van der Waals surface area contributed by atoms with Gasteiger partial charge in [0.15, 0.2) is 0 Å². The number of carbonyl (C=O) groups excluding carboxylic acids is 2. The van der Waals surface area contributed by atoms with Crippen LogP contribution >= 0.6 is 0 Å². The molecule has 17 heavy (non-hydrogen) atoms. The minimum absolute atomic E-state index is 0.309. The molecule has 1 aliphatic rings. The van der Waals surface area contributed by atoms with Crippen molar-refractivity contribution in [3.05, 3.63) is 12.2 Å². The van der Waals surface area contributed by atoms with Crippen molar-refractivity contribution >= 4 is 17.8 Å². The minimum atomic E-state index is -1.10. The summed E-state index contributed by atoms with van der Waals surface area (Å²) in [6.07, 6.45) is 3.81. The van der Waals surface area contributed by atoms with Gasteiger partial charge in [0.25, 0.3) is 11.8 Å². The van der Waals surface area contributed by atoms with E-state index in [4.69, 9.17) is 10.8 Å². The number of nitrogens with zero attached hydrogens (tertiary/aromatic N) is 1. The van der Waals surface area contributed by atoms with Gasteiger partial charge in [0.1, 0.15) is 6.04 Å². The summed E-state index contributed by atoms with van der Waals surface area (Å²) in [6.45, 7) is 0.482. The second kappa shape index (κ2) is 6.12. The van der Waals surface area contributed by atoms with Gasteiger partial charge in [-0.2, -0.15) is 0 Å². The van der Waals surface area contributed by atoms with Gasteiger partial charge in [-0.25, -0.2) is 10.4 Å². The first-order valence-electron chi connectivity index (χ1n) is 5.31. The third-order valence-electron chi connectivity index (χ3n) is 2.34. The zero-order valence-electron chi connectivity index (χ0n) is 9.26. The van der Waals surface area contributed by atoms with Crippen LogP contribution in [0.3, 0.4) is 0 Å². The Labute approximate surface area is 98.2 Å². The van der Waals surface area contributed by atoms with Crippen LogP contribution in [0.4, 0.5) is 0 Å². The molecule has 0 spiro atoms. The fourth-order valence-electron chi connectivity index (χ4n) is 1.42. The Bertz CT molecular complexity index is 335. The number of aliphatic carboxylic acids is 1. The topological polar surface area (TPSA) is 113 Å². The highest BCUT2D eigenvalue weighted by Gasteiger charge is 2.28. The standard InChI is InChI=1S/C10H15N3O4/c11-6-2-1-3-7(10(16)17)12-13-8(14)4-5-9(13)15/h4-5,7,12H,1-3,6,11H2,(H,16,17)/t7-/m0/s1. The number of nitrogens with one attached hydrogen (secondary N) is 1. The Kier molecular flexibility index (Phi) is 4.80. The highest BCUT2D eigenvalue weighted by molar-refractivity contribution is 6.12. The van der Waals surface area contributed by atoms with Gasteiger partial charge < -0.3 is 10.8 Å². The smallest absolute Gasteiger partial charge is 0.322 e. The lowest BCUT2D eigenvalue weighted by molar-refractivity contribution is -0.146. The number of unbranched alkanes of at least 4 members (excludes halogenated alkanes) is 1. The van der Waals surface area contributed by atoms with Crippen LogP contribution in [0.5, 0.6) is 0 Å². The van der Waals surface area contributed by atoms with E-state index in [1.54, 1.807) is 0 Å². The third kappa shape index (κ3) is 3.65. The molecule has 1 rings (SSSR count). The summed E-state index contributed by atoms with van der Waals surface area (Å²) in [5.41, 5.74) is 7.71. The molecule has 0 saturated heterocycles. The molecule has 2 amide bonds. The summed E-state index contributed by atoms with van der Waals surface area (Å²) in [5, 5.41) is 9.65. The van der Waals surface area contributed by atoms with Crippen molar-refractivity contribution in [3.63, 3.8) is 0 Å². The Morgan fingerprint density at radius 3 is 2.41 bits per heavy atom. The van der Waals surface area contributed by atoms with Crippen molar-refractivity contribution < 1.29 is 19.5 Å². The SMILES string of the molecule is NCCCC[C@H](NN1C(=O)C=CC1=O)C(=O)O. The molecule has 7 nitrogen and oxygen atoms in total. The number of imide groups is 1. The zero-order valence-corrected chi connectivity index (χ0v) is 9.26. The van der Waals surface area contributed by atoms with Crippen LogP contribution in [0.1, 0.15) is 19.3 Å². The van der Waals surface area contributed by atoms with E-state index in [0.29, 0.717) is 30.8 Å². The van der Waals surface area contributed by atoms with Gasteiger partial charge >= 0.3 is 5.97 Å². The summed E-state index contributed by atoms with van der Waals surface area (Å²) in [4.78, 5) is 33.4. The molecule has 1 atom stereocenters. The number of hydrogen-bond donors (Lipinski definition) is 3. The first kappa shape index (κ1) is 13.3. The van der Waals surface area contributed by atoms with E-state index in [1.165, 1.54) is 0 Å². The molecule has 0 unspecified atom stereocenters. The number of nitrogens with two attached hydrogens (primary N) is 1. The van der Waals surface area contributed by atoms with Gasteiger partial charge in [0.05, 0.1) is 0 Å². The lowest BCUT2D eigenvalue weighted by Crippen LogP contribution is -2.51. The number of rotatable bonds is 7. The number of carboxylic acids is 1. The van der Waals surface area contributed by atoms with E-state index in [-0.39, 0.29) is 0 Å². The molecule has 1 aliphatic heterocycles. The van der Waals surface area contributed by atoms with Gasteiger partial charge in [0.2, 0.25) is 0 Å². The predicted octanol–water partition coefficient (Wildman–Crippen LogP) is -1.00. The van der Waals surface area contributed by atoms with Gasteiger partial charge in [-0.3, -0.25) is 14.4 Å². The largest absolute Gasteiger partial charge is 0.480 e. The van der Waals surface area contributed by atoms with E-state index in [2.05, 4.69) is 5.43 Å². The highest BCUT2D eigenvalue weighted by Crippen LogP contribution is 2.05. The number of hydrogen-bond acceptors (Lipinski definition) is 5. The fourth-order valence-corrected chi connectivity index (χ4v) is 1.42. The van der Waals surface area contributed by atoms with Crippen molar-refractivity contribution in [1.82, 2.24) is 10.4 Å². The normalized spacial score (nSPS) is 16.6. The maximum Gasteiger partial charge on any atom is 0.322 e. The predicted molar refractivity (Wildman–Crippen MR) is 58.5 cm³/mol. The highest BCUT2D eigenvalue weighted by atomic mass is 16.4. The van der Waals surface area contributed by atoms with Crippen molar-refractivity contribution in [2.75, 3.05) is 6.54 Å². The first-order chi connectivity index (χ1) is 8.06. The monoisotopic (exact) mass is 241 g/mol. The molecule has 0 saturated carbocycles. The lowest BCUT2D eigenvalue weighted by atomic mass is 10.1. The maximum absolute atomic E-state index is 11.2. The third-order valence-corrected chi connectivity index (χ3v) is 2.34. The van der Waals surface area contributed by atoms with Crippen LogP contribution < -0.4 is 11.2 Å². The lowest BCUT2D eigenvalue weighted by Gasteiger charge is -2.20. The Morgan fingerprint density at radius 2 is 1.94 bits per heavy atom. The van der Waals surface area contributed by atoms with E-state index in [0.717, 1.165) is 12.2 Å². The molecule has 4 N–H and O–H groups in total. The van der Waals surface area contributed by atoms with E-state index < -0.39 is 23.8 Å². The van der Waals surface area contributed by atoms with Crippen LogP contribution in [0.2, 0.25) is 0 Å². The molecule has 0 fully saturated rings. The van der Waals surface area contributed by atoms with E-state index >= 15 is 0 Å². The molecular formula is C10H15N3O4. The summed E-state index contributed by atoms with van der Waals surface area (Å²) in [7, 11) is 0. The average molecular weight is 241 g/mol. The second-order valence-corrected chi connectivity index (χ2v) is 3.65. The zero-order chi connectivity index (χ0) is 12.8. The molecule has 1 heterocycles. The first-order valence-corrected chi connectivity index (χ1v) is 5.31. The van der Waals surface area contributed by atoms with E-state index in [1.807, 2.05) is 0 Å². The molecule has 0 radical (unpaired) electrons. The van der Waals surface area contributed by atoms with Crippen molar-refractivity contribution in [2.24, 2.45) is 5.73 Å². The molecular weight excluding hydrogens is 226 g/mol. The molecule has 7 heteroatoms. The van der Waals surface area contributed by atoms with Crippen LogP contribution in [-0.2, 0) is 14.4 Å². The van der Waals surface area contributed by atoms with Gasteiger partial charge in [-0.05, 0) is 25.8 Å². The molecule has 0 aliphatic carbocycles. The van der Waals surface area contributed by atoms with Crippen molar-refractivity contribution in [1.29, 1.82) is 0 Å². The average Bonchev–Trinajstić information content (AvgIpc) is 2.58. The van der Waals surface area contributed by atoms with Crippen LogP contribution in [0.15, 0.2) is 12.2 Å². The number of carbonyl (C=O) groups is 3. The Balaban J connectivity index is 2.52. The summed E-state index contributed by atoms with van der Waals surface area (Å²) < 4.78 is 0. The maximum atomic E-state index is 11.2. The second-order valence-electron chi connectivity index (χ2n) is 3.65. The molecule has 0 aromatic heterocycles. The van der Waals surface area contributed by atoms with Crippen LogP contribution in [-0.4, -0.2) is 40.5 Å². The molecule has 0 aromatic rings. The Morgan fingerprint density at radius 1 is 1.35 bits per heavy atom. The van der Waals surface area contributed by atoms with E-state index in [9.17, 15) is 14.4 Å². The molecule has 0 bridgehead atoms. The van der Waals surface area contributed by atoms with Gasteiger partial charge in [-0.1, -0.05) is 0 Å². The van der Waals surface area contributed by atoms with Gasteiger partial charge in [-0.15, -0.1) is 0 Å². The minimum Gasteiger partial charge on any atom is -0.480 e. The van der Waals surface area contributed by atoms with Crippen molar-refractivity contribution in [3.8, 4) is 0 Å². The summed E-state index contributed by atoms with van der Waals surface area (Å²) >= 11 is 0. The number of amides is 2. The summed E-state index contributed by atoms with van der Waals surface area (Å²) in [6, 6.07) is -0.964. The van der Waals surface area contributed by atoms with Crippen LogP contribution in [0.25, 0.3) is 0 Å².